The van der Waals surface area contributed by atoms with E-state index in [0.29, 0.717) is 10.8 Å². The molecule has 1 aromatic heterocycles. The molecule has 1 fully saturated rings. The Kier molecular flexibility index (Phi) is 4.65. The zero-order valence-corrected chi connectivity index (χ0v) is 12.6. The van der Waals surface area contributed by atoms with Gasteiger partial charge in [0.15, 0.2) is 11.1 Å². The number of halogens is 3. The molecule has 1 aliphatic rings. The predicted octanol–water partition coefficient (Wildman–Crippen LogP) is -0.508. The summed E-state index contributed by atoms with van der Waals surface area (Å²) in [5.41, 5.74) is -2.23. The van der Waals surface area contributed by atoms with Crippen LogP contribution in [0, 0.1) is 17.1 Å². The minimum Gasteiger partial charge on any atom is -0.391 e. The third kappa shape index (κ3) is 2.66. The Balaban J connectivity index is 2.61. The first-order valence-electron chi connectivity index (χ1n) is 6.06. The highest BCUT2D eigenvalue weighted by Gasteiger charge is 2.57. The van der Waals surface area contributed by atoms with E-state index in [-0.39, 0.29) is 0 Å². The summed E-state index contributed by atoms with van der Waals surface area (Å²) in [5.74, 6) is 1.03. The molecule has 0 aliphatic carbocycles. The highest BCUT2D eigenvalue weighted by molar-refractivity contribution is 6.32. The lowest BCUT2D eigenvalue weighted by Crippen LogP contribution is -2.45. The minimum atomic E-state index is -1.92. The van der Waals surface area contributed by atoms with Crippen LogP contribution in [0.1, 0.15) is 13.2 Å². The molecule has 0 saturated carbocycles. The first kappa shape index (κ1) is 17.0. The average molecular weight is 353 g/mol. The van der Waals surface area contributed by atoms with Gasteiger partial charge in [-0.25, -0.2) is 4.79 Å². The number of aromatic amines is 1. The van der Waals surface area contributed by atoms with Gasteiger partial charge in [0.2, 0.25) is 5.82 Å². The molecule has 0 spiro atoms. The molecule has 0 radical (unpaired) electrons. The van der Waals surface area contributed by atoms with Gasteiger partial charge >= 0.3 is 5.69 Å². The maximum Gasteiger partial charge on any atom is 0.330 e. The summed E-state index contributed by atoms with van der Waals surface area (Å²) in [4.78, 5) is 22.7. The number of alkyl halides is 1. The van der Waals surface area contributed by atoms with Crippen molar-refractivity contribution in [2.75, 3.05) is 0 Å². The third-order valence-corrected chi connectivity index (χ3v) is 3.88. The second kappa shape index (κ2) is 6.02. The number of nitrogens with one attached hydrogen (secondary N) is 1. The van der Waals surface area contributed by atoms with Crippen molar-refractivity contribution in [3.05, 3.63) is 32.9 Å². The fraction of sp³-hybridized carbons (Fsp3) is 0.500. The lowest BCUT2D eigenvalue weighted by Gasteiger charge is -2.25. The van der Waals surface area contributed by atoms with Gasteiger partial charge < -0.3 is 14.9 Å². The minimum absolute atomic E-state index is 0.579. The number of rotatable bonds is 2. The van der Waals surface area contributed by atoms with Gasteiger partial charge in [-0.3, -0.25) is 14.3 Å². The molecule has 3 N–H and O–H groups in total. The van der Waals surface area contributed by atoms with E-state index in [2.05, 4.69) is 5.92 Å². The van der Waals surface area contributed by atoms with Crippen LogP contribution in [0.25, 0.3) is 0 Å². The highest BCUT2D eigenvalue weighted by Crippen LogP contribution is 2.43. The summed E-state index contributed by atoms with van der Waals surface area (Å²) in [6.45, 7) is 1.33. The Labute approximate surface area is 133 Å². The van der Waals surface area contributed by atoms with Crippen LogP contribution >= 0.6 is 23.2 Å². The lowest BCUT2D eigenvalue weighted by atomic mass is 9.97. The molecule has 2 unspecified atom stereocenters. The molecule has 0 amide bonds. The summed E-state index contributed by atoms with van der Waals surface area (Å²) in [5, 5.41) is 21.8. The second-order valence-corrected chi connectivity index (χ2v) is 5.58. The fourth-order valence-electron chi connectivity index (χ4n) is 2.20. The number of H-pyrrole nitrogens is 1. The van der Waals surface area contributed by atoms with Gasteiger partial charge in [-0.05, 0) is 18.5 Å². The van der Waals surface area contributed by atoms with E-state index in [4.69, 9.17) is 27.9 Å². The van der Waals surface area contributed by atoms with Crippen LogP contribution in [0.15, 0.2) is 15.8 Å². The van der Waals surface area contributed by atoms with Gasteiger partial charge in [0.25, 0.3) is 5.56 Å². The van der Waals surface area contributed by atoms with Crippen molar-refractivity contribution in [1.29, 1.82) is 0 Å². The van der Waals surface area contributed by atoms with Crippen LogP contribution in [-0.2, 0) is 4.74 Å². The van der Waals surface area contributed by atoms with Crippen LogP contribution in [0.4, 0.5) is 4.39 Å². The number of nitrogens with zero attached hydrogens (tertiary/aromatic N) is 1. The molecule has 0 aromatic carbocycles. The van der Waals surface area contributed by atoms with E-state index in [9.17, 15) is 24.2 Å². The summed E-state index contributed by atoms with van der Waals surface area (Å²) in [7, 11) is 0. The zero-order chi connectivity index (χ0) is 16.7. The Morgan fingerprint density at radius 2 is 2.23 bits per heavy atom. The molecule has 1 saturated heterocycles. The molecule has 10 heteroatoms. The Morgan fingerprint density at radius 3 is 2.77 bits per heavy atom. The number of hydrogen-bond acceptors (Lipinski definition) is 5. The van der Waals surface area contributed by atoms with E-state index >= 15 is 0 Å². The average Bonchev–Trinajstić information content (AvgIpc) is 2.68. The monoisotopic (exact) mass is 352 g/mol. The van der Waals surface area contributed by atoms with Crippen LogP contribution in [-0.4, -0.2) is 43.0 Å². The Bertz CT molecular complexity index is 752. The molecule has 0 bridgehead atoms. The molecule has 1 aliphatic heterocycles. The molecule has 22 heavy (non-hydrogen) atoms. The zero-order valence-electron chi connectivity index (χ0n) is 11.1. The fourth-order valence-corrected chi connectivity index (χ4v) is 2.73. The van der Waals surface area contributed by atoms with Crippen molar-refractivity contribution in [2.45, 2.75) is 36.3 Å². The highest BCUT2D eigenvalue weighted by atomic mass is 35.5. The van der Waals surface area contributed by atoms with Gasteiger partial charge in [-0.1, -0.05) is 17.5 Å². The summed E-state index contributed by atoms with van der Waals surface area (Å²) in [6, 6.07) is 0. The molecule has 7 nitrogen and oxygen atoms in total. The van der Waals surface area contributed by atoms with Crippen molar-refractivity contribution in [3.8, 4) is 11.3 Å². The van der Waals surface area contributed by atoms with Gasteiger partial charge in [-0.15, -0.1) is 0 Å². The van der Waals surface area contributed by atoms with Crippen molar-refractivity contribution in [3.63, 3.8) is 0 Å². The van der Waals surface area contributed by atoms with E-state index in [1.807, 2.05) is 5.38 Å². The first-order valence-corrected chi connectivity index (χ1v) is 6.82. The standard InChI is InChI=1S/C12H11Cl2FN2O5/c1-5(18)7-8(19)12(14,2-3-13)10(22-7)17-4-6(15)9(20)16-11(17)21/h4-5,7-8,10,18-19H,1H3,(H,16,20,21)/t5-,7-,8?,10-,12?/m1/s1. The van der Waals surface area contributed by atoms with Crippen LogP contribution in [0.5, 0.6) is 0 Å². The van der Waals surface area contributed by atoms with Crippen LogP contribution in [0.3, 0.4) is 0 Å². The lowest BCUT2D eigenvalue weighted by molar-refractivity contribution is -0.0775. The molecular weight excluding hydrogens is 342 g/mol. The Morgan fingerprint density at radius 1 is 1.59 bits per heavy atom. The van der Waals surface area contributed by atoms with E-state index in [0.717, 1.165) is 0 Å². The van der Waals surface area contributed by atoms with Gasteiger partial charge in [0, 0.05) is 5.38 Å². The quantitative estimate of drug-likeness (QED) is 0.491. The van der Waals surface area contributed by atoms with E-state index in [1.165, 1.54) is 6.92 Å². The summed E-state index contributed by atoms with van der Waals surface area (Å²) in [6.07, 6.45) is -4.77. The van der Waals surface area contributed by atoms with Crippen molar-refractivity contribution < 1.29 is 19.3 Å². The maximum atomic E-state index is 13.4. The molecule has 120 valence electrons. The van der Waals surface area contributed by atoms with Gasteiger partial charge in [-0.2, -0.15) is 4.39 Å². The van der Waals surface area contributed by atoms with Gasteiger partial charge in [0.1, 0.15) is 12.2 Å². The first-order chi connectivity index (χ1) is 10.2. The van der Waals surface area contributed by atoms with Crippen molar-refractivity contribution in [2.24, 2.45) is 0 Å². The van der Waals surface area contributed by atoms with Crippen LogP contribution in [0.2, 0.25) is 0 Å². The summed E-state index contributed by atoms with van der Waals surface area (Å²) < 4.78 is 19.4. The molecular formula is C12H11Cl2FN2O5. The number of aromatic nitrogens is 2. The van der Waals surface area contributed by atoms with E-state index in [1.54, 1.807) is 4.98 Å². The maximum absolute atomic E-state index is 13.4. The predicted molar refractivity (Wildman–Crippen MR) is 75.1 cm³/mol. The SMILES string of the molecule is C[C@@H](O)[C@H]1O[C@@H](n2cc(F)c(=O)[nH]c2=O)C(Cl)(C#CCl)C1O. The topological polar surface area (TPSA) is 105 Å². The molecule has 5 atom stereocenters. The number of aliphatic hydroxyl groups is 2. The van der Waals surface area contributed by atoms with Gasteiger partial charge in [0.05, 0.1) is 12.3 Å². The molecule has 2 rings (SSSR count). The third-order valence-electron chi connectivity index (χ3n) is 3.28. The molecule has 1 aromatic rings. The van der Waals surface area contributed by atoms with Crippen molar-refractivity contribution >= 4 is 23.2 Å². The van der Waals surface area contributed by atoms with Crippen LogP contribution < -0.4 is 11.2 Å². The van der Waals surface area contributed by atoms with Crippen molar-refractivity contribution in [1.82, 2.24) is 9.55 Å². The Hall–Kier alpha value is -1.37. The summed E-state index contributed by atoms with van der Waals surface area (Å²) >= 11 is 11.5. The number of hydrogen-bond donors (Lipinski definition) is 3. The smallest absolute Gasteiger partial charge is 0.330 e. The van der Waals surface area contributed by atoms with E-state index < -0.39 is 46.5 Å². The molecule has 2 heterocycles. The second-order valence-electron chi connectivity index (χ2n) is 4.77. The number of ether oxygens (including phenoxy) is 1. The normalized spacial score (nSPS) is 32.4. The largest absolute Gasteiger partial charge is 0.391 e. The number of aliphatic hydroxyl groups excluding tert-OH is 2.